The Hall–Kier alpha value is -0.870. The van der Waals surface area contributed by atoms with Crippen LogP contribution >= 0.6 is 27.5 Å². The lowest BCUT2D eigenvalue weighted by Gasteiger charge is -2.09. The molecule has 0 saturated heterocycles. The fraction of sp³-hybridized carbons (Fsp3) is 0.273. The topological polar surface area (TPSA) is 34.4 Å². The van der Waals surface area contributed by atoms with E-state index >= 15 is 0 Å². The Morgan fingerprint density at radius 2 is 2.12 bits per heavy atom. The van der Waals surface area contributed by atoms with Crippen LogP contribution in [0.3, 0.4) is 0 Å². The van der Waals surface area contributed by atoms with Gasteiger partial charge >= 0.3 is 0 Å². The van der Waals surface area contributed by atoms with Crippen LogP contribution in [0.2, 0.25) is 5.15 Å². The highest BCUT2D eigenvalue weighted by Crippen LogP contribution is 2.19. The molecule has 2 aromatic heterocycles. The molecule has 0 unspecified atom stereocenters. The summed E-state index contributed by atoms with van der Waals surface area (Å²) in [5.74, 6) is 0.0587. The summed E-state index contributed by atoms with van der Waals surface area (Å²) in [7, 11) is 0. The Labute approximate surface area is 106 Å². The van der Waals surface area contributed by atoms with Gasteiger partial charge in [-0.15, -0.1) is 0 Å². The van der Waals surface area contributed by atoms with Crippen LogP contribution in [0.4, 0.5) is 0 Å². The predicted octanol–water partition coefficient (Wildman–Crippen LogP) is 3.23. The first kappa shape index (κ1) is 11.6. The van der Waals surface area contributed by atoms with E-state index in [-0.39, 0.29) is 11.5 Å². The molecule has 2 aromatic rings. The van der Waals surface area contributed by atoms with Crippen LogP contribution in [0.15, 0.2) is 27.6 Å². The van der Waals surface area contributed by atoms with Gasteiger partial charge in [0.15, 0.2) is 0 Å². The monoisotopic (exact) mass is 300 g/mol. The average Bonchev–Trinajstić information content (AvgIpc) is 2.19. The zero-order valence-corrected chi connectivity index (χ0v) is 11.2. The zero-order chi connectivity index (χ0) is 11.9. The molecule has 3 nitrogen and oxygen atoms in total. The van der Waals surface area contributed by atoms with Crippen molar-refractivity contribution < 1.29 is 0 Å². The Morgan fingerprint density at radius 1 is 1.44 bits per heavy atom. The quantitative estimate of drug-likeness (QED) is 0.758. The summed E-state index contributed by atoms with van der Waals surface area (Å²) in [4.78, 5) is 16.4. The first-order chi connectivity index (χ1) is 7.50. The molecule has 0 saturated carbocycles. The predicted molar refractivity (Wildman–Crippen MR) is 68.3 cm³/mol. The standard InChI is InChI=1S/C11H10BrClN2O/c1-6(2)9-10(13)14-8-4-3-7(12)5-15(8)11(9)16/h3-6H,1-2H3. The molecule has 84 valence electrons. The van der Waals surface area contributed by atoms with Gasteiger partial charge in [-0.3, -0.25) is 9.20 Å². The number of nitrogens with zero attached hydrogens (tertiary/aromatic N) is 2. The lowest BCUT2D eigenvalue weighted by atomic mass is 10.1. The summed E-state index contributed by atoms with van der Waals surface area (Å²) in [6.07, 6.45) is 1.70. The van der Waals surface area contributed by atoms with Crippen LogP contribution in [-0.2, 0) is 0 Å². The Morgan fingerprint density at radius 3 is 2.75 bits per heavy atom. The van der Waals surface area contributed by atoms with Crippen molar-refractivity contribution in [2.75, 3.05) is 0 Å². The minimum absolute atomic E-state index is 0.0587. The van der Waals surface area contributed by atoms with Gasteiger partial charge in [0.1, 0.15) is 10.8 Å². The van der Waals surface area contributed by atoms with Gasteiger partial charge < -0.3 is 0 Å². The van der Waals surface area contributed by atoms with Crippen molar-refractivity contribution in [1.82, 2.24) is 9.38 Å². The Balaban J connectivity index is 2.91. The minimum atomic E-state index is -0.105. The van der Waals surface area contributed by atoms with Gasteiger partial charge in [-0.2, -0.15) is 0 Å². The maximum absolute atomic E-state index is 12.2. The van der Waals surface area contributed by atoms with E-state index in [1.807, 2.05) is 19.9 Å². The number of fused-ring (bicyclic) bond motifs is 1. The highest BCUT2D eigenvalue weighted by atomic mass is 79.9. The lowest BCUT2D eigenvalue weighted by molar-refractivity contribution is 0.822. The van der Waals surface area contributed by atoms with Gasteiger partial charge in [0.25, 0.3) is 5.56 Å². The van der Waals surface area contributed by atoms with Crippen molar-refractivity contribution in [3.63, 3.8) is 0 Å². The molecule has 0 radical (unpaired) electrons. The maximum atomic E-state index is 12.2. The fourth-order valence-electron chi connectivity index (χ4n) is 1.58. The molecular formula is C11H10BrClN2O. The highest BCUT2D eigenvalue weighted by Gasteiger charge is 2.14. The summed E-state index contributed by atoms with van der Waals surface area (Å²) in [5.41, 5.74) is 1.01. The second-order valence-corrected chi connectivity index (χ2v) is 5.13. The molecule has 0 aliphatic rings. The van der Waals surface area contributed by atoms with E-state index in [4.69, 9.17) is 11.6 Å². The van der Waals surface area contributed by atoms with Crippen LogP contribution in [0.5, 0.6) is 0 Å². The number of hydrogen-bond donors (Lipinski definition) is 0. The second-order valence-electron chi connectivity index (χ2n) is 3.85. The summed E-state index contributed by atoms with van der Waals surface area (Å²) in [6.45, 7) is 3.85. The third-order valence-corrected chi connectivity index (χ3v) is 3.11. The molecular weight excluding hydrogens is 291 g/mol. The maximum Gasteiger partial charge on any atom is 0.262 e. The molecule has 0 aliphatic carbocycles. The number of hydrogen-bond acceptors (Lipinski definition) is 2. The summed E-state index contributed by atoms with van der Waals surface area (Å²) in [6, 6.07) is 3.58. The van der Waals surface area contributed by atoms with Crippen LogP contribution in [0.25, 0.3) is 5.65 Å². The number of rotatable bonds is 1. The van der Waals surface area contributed by atoms with Crippen LogP contribution in [-0.4, -0.2) is 9.38 Å². The third kappa shape index (κ3) is 1.87. The van der Waals surface area contributed by atoms with Gasteiger partial charge in [0, 0.05) is 10.7 Å². The molecule has 0 atom stereocenters. The number of halogens is 2. The summed E-state index contributed by atoms with van der Waals surface area (Å²) < 4.78 is 2.34. The van der Waals surface area contributed by atoms with E-state index in [0.717, 1.165) is 4.47 Å². The SMILES string of the molecule is CC(C)c1c(Cl)nc2ccc(Br)cn2c1=O. The minimum Gasteiger partial charge on any atom is -0.269 e. The number of pyridine rings is 1. The van der Waals surface area contributed by atoms with Crippen molar-refractivity contribution in [3.8, 4) is 0 Å². The third-order valence-electron chi connectivity index (χ3n) is 2.35. The van der Waals surface area contributed by atoms with Gasteiger partial charge in [-0.25, -0.2) is 4.98 Å². The van der Waals surface area contributed by atoms with E-state index in [9.17, 15) is 4.79 Å². The molecule has 16 heavy (non-hydrogen) atoms. The smallest absolute Gasteiger partial charge is 0.262 e. The van der Waals surface area contributed by atoms with E-state index in [2.05, 4.69) is 20.9 Å². The molecule has 0 N–H and O–H groups in total. The highest BCUT2D eigenvalue weighted by molar-refractivity contribution is 9.10. The largest absolute Gasteiger partial charge is 0.269 e. The van der Waals surface area contributed by atoms with E-state index in [0.29, 0.717) is 16.4 Å². The summed E-state index contributed by atoms with van der Waals surface area (Å²) >= 11 is 9.33. The molecule has 0 aliphatic heterocycles. The first-order valence-corrected chi connectivity index (χ1v) is 6.05. The van der Waals surface area contributed by atoms with Crippen molar-refractivity contribution in [1.29, 1.82) is 0 Å². The van der Waals surface area contributed by atoms with Gasteiger partial charge in [-0.05, 0) is 34.0 Å². The van der Waals surface area contributed by atoms with Crippen LogP contribution in [0.1, 0.15) is 25.3 Å². The van der Waals surface area contributed by atoms with E-state index in [1.165, 1.54) is 4.40 Å². The van der Waals surface area contributed by atoms with Crippen LogP contribution < -0.4 is 5.56 Å². The van der Waals surface area contributed by atoms with Crippen molar-refractivity contribution in [2.45, 2.75) is 19.8 Å². The molecule has 0 spiro atoms. The lowest BCUT2D eigenvalue weighted by Crippen LogP contribution is -2.21. The molecule has 0 bridgehead atoms. The zero-order valence-electron chi connectivity index (χ0n) is 8.87. The fourth-order valence-corrected chi connectivity index (χ4v) is 2.31. The molecule has 2 rings (SSSR count). The summed E-state index contributed by atoms with van der Waals surface area (Å²) in [5, 5.41) is 0.294. The van der Waals surface area contributed by atoms with Crippen molar-refractivity contribution in [3.05, 3.63) is 43.9 Å². The molecule has 2 heterocycles. The molecule has 0 aromatic carbocycles. The normalized spacial score (nSPS) is 11.3. The molecule has 0 fully saturated rings. The average molecular weight is 302 g/mol. The van der Waals surface area contributed by atoms with E-state index in [1.54, 1.807) is 12.3 Å². The van der Waals surface area contributed by atoms with Gasteiger partial charge in [0.2, 0.25) is 0 Å². The second kappa shape index (κ2) is 4.18. The van der Waals surface area contributed by atoms with Crippen LogP contribution in [0, 0.1) is 0 Å². The molecule has 5 heteroatoms. The first-order valence-electron chi connectivity index (χ1n) is 4.88. The Kier molecular flexibility index (Phi) is 3.04. The molecule has 0 amide bonds. The van der Waals surface area contributed by atoms with E-state index < -0.39 is 0 Å². The van der Waals surface area contributed by atoms with Gasteiger partial charge in [-0.1, -0.05) is 25.4 Å². The van der Waals surface area contributed by atoms with Crippen molar-refractivity contribution >= 4 is 33.2 Å². The Bertz CT molecular complexity index is 607. The van der Waals surface area contributed by atoms with Crippen molar-refractivity contribution in [2.24, 2.45) is 0 Å². The van der Waals surface area contributed by atoms with Gasteiger partial charge in [0.05, 0.1) is 5.56 Å². The number of aromatic nitrogens is 2.